The van der Waals surface area contributed by atoms with Crippen LogP contribution < -0.4 is 10.0 Å². The van der Waals surface area contributed by atoms with Gasteiger partial charge < -0.3 is 5.32 Å². The van der Waals surface area contributed by atoms with Crippen LogP contribution in [0.25, 0.3) is 0 Å². The lowest BCUT2D eigenvalue weighted by Gasteiger charge is -2.23. The second kappa shape index (κ2) is 8.31. The zero-order valence-electron chi connectivity index (χ0n) is 15.2. The molecule has 1 saturated carbocycles. The summed E-state index contributed by atoms with van der Waals surface area (Å²) in [5.41, 5.74) is 1.59. The Kier molecular flexibility index (Phi) is 6.07. The number of carbonyl (C=O) groups excluding carboxylic acids is 1. The maximum Gasteiger partial charge on any atom is 0.261 e. The quantitative estimate of drug-likeness (QED) is 0.766. The molecule has 0 bridgehead atoms. The SMILES string of the molecule is Cc1cccc(NS(=O)(=O)c2ccc(Cl)c(C(=O)NC3CCCCC3)c2)c1. The van der Waals surface area contributed by atoms with Gasteiger partial charge in [0.1, 0.15) is 0 Å². The Bertz CT molecular complexity index is 938. The average Bonchev–Trinajstić information content (AvgIpc) is 2.62. The highest BCUT2D eigenvalue weighted by Crippen LogP contribution is 2.24. The molecule has 1 fully saturated rings. The molecule has 0 unspecified atom stereocenters. The molecule has 0 aliphatic heterocycles. The number of hydrogen-bond donors (Lipinski definition) is 2. The van der Waals surface area contributed by atoms with Gasteiger partial charge in [0.25, 0.3) is 15.9 Å². The zero-order valence-corrected chi connectivity index (χ0v) is 16.7. The molecule has 0 atom stereocenters. The lowest BCUT2D eigenvalue weighted by Crippen LogP contribution is -2.36. The first-order chi connectivity index (χ1) is 12.8. The first-order valence-corrected chi connectivity index (χ1v) is 10.9. The molecule has 0 aromatic heterocycles. The molecular formula is C20H23ClN2O3S. The number of sulfonamides is 1. The normalized spacial score (nSPS) is 15.3. The summed E-state index contributed by atoms with van der Waals surface area (Å²) in [4.78, 5) is 12.6. The monoisotopic (exact) mass is 406 g/mol. The number of benzene rings is 2. The van der Waals surface area contributed by atoms with Crippen LogP contribution in [0.4, 0.5) is 5.69 Å². The molecule has 2 N–H and O–H groups in total. The highest BCUT2D eigenvalue weighted by molar-refractivity contribution is 7.92. The number of nitrogens with one attached hydrogen (secondary N) is 2. The van der Waals surface area contributed by atoms with E-state index in [0.29, 0.717) is 5.69 Å². The molecule has 0 spiro atoms. The predicted octanol–water partition coefficient (Wildman–Crippen LogP) is 4.51. The molecule has 3 rings (SSSR count). The Morgan fingerprint density at radius 1 is 1.07 bits per heavy atom. The van der Waals surface area contributed by atoms with Gasteiger partial charge in [-0.05, 0) is 55.7 Å². The summed E-state index contributed by atoms with van der Waals surface area (Å²) in [7, 11) is -3.82. The van der Waals surface area contributed by atoms with Crippen molar-refractivity contribution >= 4 is 33.2 Å². The van der Waals surface area contributed by atoms with Gasteiger partial charge in [-0.1, -0.05) is 43.0 Å². The van der Waals surface area contributed by atoms with Gasteiger partial charge in [-0.25, -0.2) is 8.42 Å². The minimum absolute atomic E-state index is 0.00204. The van der Waals surface area contributed by atoms with Gasteiger partial charge >= 0.3 is 0 Å². The second-order valence-electron chi connectivity index (χ2n) is 6.93. The lowest BCUT2D eigenvalue weighted by molar-refractivity contribution is 0.0927. The molecular weight excluding hydrogens is 384 g/mol. The number of halogens is 1. The first kappa shape index (κ1) is 19.7. The highest BCUT2D eigenvalue weighted by atomic mass is 35.5. The molecule has 5 nitrogen and oxygen atoms in total. The van der Waals surface area contributed by atoms with Crippen LogP contribution in [0.15, 0.2) is 47.4 Å². The summed E-state index contributed by atoms with van der Waals surface area (Å²) in [5.74, 6) is -0.334. The van der Waals surface area contributed by atoms with Crippen molar-refractivity contribution in [2.24, 2.45) is 0 Å². The van der Waals surface area contributed by atoms with E-state index in [0.717, 1.165) is 31.2 Å². The van der Waals surface area contributed by atoms with Crippen molar-refractivity contribution in [3.8, 4) is 0 Å². The van der Waals surface area contributed by atoms with Crippen LogP contribution in [0.1, 0.15) is 48.0 Å². The van der Waals surface area contributed by atoms with Gasteiger partial charge in [0.2, 0.25) is 0 Å². The lowest BCUT2D eigenvalue weighted by atomic mass is 9.95. The zero-order chi connectivity index (χ0) is 19.4. The highest BCUT2D eigenvalue weighted by Gasteiger charge is 2.21. The topological polar surface area (TPSA) is 75.3 Å². The van der Waals surface area contributed by atoms with Crippen LogP contribution >= 0.6 is 11.6 Å². The predicted molar refractivity (Wildman–Crippen MR) is 108 cm³/mol. The second-order valence-corrected chi connectivity index (χ2v) is 9.01. The molecule has 0 radical (unpaired) electrons. The molecule has 1 aliphatic carbocycles. The number of hydrogen-bond acceptors (Lipinski definition) is 3. The van der Waals surface area contributed by atoms with Gasteiger partial charge in [0.15, 0.2) is 0 Å². The third kappa shape index (κ3) is 5.02. The number of amides is 1. The summed E-state index contributed by atoms with van der Waals surface area (Å²) in [6.45, 7) is 1.88. The summed E-state index contributed by atoms with van der Waals surface area (Å²) in [5, 5.41) is 3.21. The smallest absolute Gasteiger partial charge is 0.261 e. The van der Waals surface area contributed by atoms with Crippen LogP contribution in [-0.2, 0) is 10.0 Å². The Hall–Kier alpha value is -2.05. The van der Waals surface area contributed by atoms with Crippen LogP contribution in [-0.4, -0.2) is 20.4 Å². The van der Waals surface area contributed by atoms with Crippen molar-refractivity contribution in [2.45, 2.75) is 50.0 Å². The maximum atomic E-state index is 12.7. The largest absolute Gasteiger partial charge is 0.349 e. The standard InChI is InChI=1S/C20H23ClN2O3S/c1-14-6-5-9-16(12-14)23-27(25,26)17-10-11-19(21)18(13-17)20(24)22-15-7-3-2-4-8-15/h5-6,9-13,15,23H,2-4,7-8H2,1H3,(H,22,24). The summed E-state index contributed by atoms with van der Waals surface area (Å²) >= 11 is 6.16. The van der Waals surface area contributed by atoms with E-state index in [1.54, 1.807) is 18.2 Å². The first-order valence-electron chi connectivity index (χ1n) is 9.05. The van der Waals surface area contributed by atoms with Crippen molar-refractivity contribution in [3.05, 3.63) is 58.6 Å². The fraction of sp³-hybridized carbons (Fsp3) is 0.350. The molecule has 1 aliphatic rings. The van der Waals surface area contributed by atoms with Crippen molar-refractivity contribution < 1.29 is 13.2 Å². The molecule has 144 valence electrons. The van der Waals surface area contributed by atoms with Crippen molar-refractivity contribution in [1.29, 1.82) is 0 Å². The minimum atomic E-state index is -3.82. The molecule has 2 aromatic rings. The van der Waals surface area contributed by atoms with E-state index >= 15 is 0 Å². The summed E-state index contributed by atoms with van der Waals surface area (Å²) < 4.78 is 27.9. The van der Waals surface area contributed by atoms with E-state index < -0.39 is 10.0 Å². The third-order valence-corrected chi connectivity index (χ3v) is 6.41. The van der Waals surface area contributed by atoms with E-state index in [-0.39, 0.29) is 27.4 Å². The number of aryl methyl sites for hydroxylation is 1. The summed E-state index contributed by atoms with van der Waals surface area (Å²) in [6.07, 6.45) is 5.25. The third-order valence-electron chi connectivity index (χ3n) is 4.70. The number of rotatable bonds is 5. The minimum Gasteiger partial charge on any atom is -0.349 e. The van der Waals surface area contributed by atoms with Crippen molar-refractivity contribution in [3.63, 3.8) is 0 Å². The fourth-order valence-electron chi connectivity index (χ4n) is 3.28. The van der Waals surface area contributed by atoms with E-state index in [2.05, 4.69) is 10.0 Å². The Morgan fingerprint density at radius 2 is 1.81 bits per heavy atom. The fourth-order valence-corrected chi connectivity index (χ4v) is 4.56. The van der Waals surface area contributed by atoms with Crippen LogP contribution in [0.2, 0.25) is 5.02 Å². The van der Waals surface area contributed by atoms with Crippen molar-refractivity contribution in [2.75, 3.05) is 4.72 Å². The van der Waals surface area contributed by atoms with Gasteiger partial charge in [-0.15, -0.1) is 0 Å². The molecule has 2 aromatic carbocycles. The Balaban J connectivity index is 1.82. The number of anilines is 1. The Morgan fingerprint density at radius 3 is 2.52 bits per heavy atom. The van der Waals surface area contributed by atoms with Crippen LogP contribution in [0.3, 0.4) is 0 Å². The van der Waals surface area contributed by atoms with Crippen LogP contribution in [0.5, 0.6) is 0 Å². The van der Waals surface area contributed by atoms with Crippen LogP contribution in [0, 0.1) is 6.92 Å². The van der Waals surface area contributed by atoms with Gasteiger partial charge in [0.05, 0.1) is 15.5 Å². The Labute approximate surface area is 165 Å². The molecule has 1 amide bonds. The number of carbonyl (C=O) groups is 1. The molecule has 0 heterocycles. The molecule has 27 heavy (non-hydrogen) atoms. The van der Waals surface area contributed by atoms with E-state index in [9.17, 15) is 13.2 Å². The summed E-state index contributed by atoms with van der Waals surface area (Å²) in [6, 6.07) is 11.4. The van der Waals surface area contributed by atoms with Gasteiger partial charge in [-0.3, -0.25) is 9.52 Å². The molecule has 7 heteroatoms. The maximum absolute atomic E-state index is 12.7. The average molecular weight is 407 g/mol. The molecule has 0 saturated heterocycles. The van der Waals surface area contributed by atoms with Gasteiger partial charge in [-0.2, -0.15) is 0 Å². The van der Waals surface area contributed by atoms with E-state index in [1.807, 2.05) is 13.0 Å². The van der Waals surface area contributed by atoms with Gasteiger partial charge in [0, 0.05) is 11.7 Å². The van der Waals surface area contributed by atoms with Crippen molar-refractivity contribution in [1.82, 2.24) is 5.32 Å². The van der Waals surface area contributed by atoms with E-state index in [4.69, 9.17) is 11.6 Å². The van der Waals surface area contributed by atoms with E-state index in [1.165, 1.54) is 24.6 Å².